The van der Waals surface area contributed by atoms with Crippen LogP contribution in [0.5, 0.6) is 0 Å². The second kappa shape index (κ2) is 4.45. The van der Waals surface area contributed by atoms with Gasteiger partial charge < -0.3 is 4.42 Å². The van der Waals surface area contributed by atoms with Crippen LogP contribution in [0, 0.1) is 0 Å². The first kappa shape index (κ1) is 12.0. The van der Waals surface area contributed by atoms with Crippen LogP contribution in [0.3, 0.4) is 0 Å². The highest BCUT2D eigenvalue weighted by Crippen LogP contribution is 2.29. The van der Waals surface area contributed by atoms with Crippen LogP contribution in [0.25, 0.3) is 11.5 Å². The summed E-state index contributed by atoms with van der Waals surface area (Å²) in [4.78, 5) is 3.76. The van der Waals surface area contributed by atoms with Crippen LogP contribution < -0.4 is 0 Å². The molecular weight excluding hydrogens is 248 g/mol. The second-order valence-electron chi connectivity index (χ2n) is 3.76. The van der Waals surface area contributed by atoms with Crippen molar-refractivity contribution in [3.63, 3.8) is 0 Å². The predicted molar refractivity (Wildman–Crippen MR) is 61.1 cm³/mol. The molecule has 0 saturated carbocycles. The molecule has 0 atom stereocenters. The summed E-state index contributed by atoms with van der Waals surface area (Å²) in [5.41, 5.74) is 1.23. The molecule has 0 aliphatic heterocycles. The Morgan fingerprint density at radius 3 is 2.41 bits per heavy atom. The zero-order valence-electron chi connectivity index (χ0n) is 9.08. The van der Waals surface area contributed by atoms with Gasteiger partial charge in [0.25, 0.3) is 5.92 Å². The fourth-order valence-electron chi connectivity index (χ4n) is 1.34. The molecule has 0 saturated heterocycles. The molecule has 5 heteroatoms. The fourth-order valence-corrected chi connectivity index (χ4v) is 1.52. The molecular formula is C12H10ClF2NO. The zero-order chi connectivity index (χ0) is 12.5. The number of nitrogens with zero attached hydrogens (tertiary/aromatic N) is 1. The van der Waals surface area contributed by atoms with E-state index in [0.717, 1.165) is 18.8 Å². The Morgan fingerprint density at radius 2 is 1.94 bits per heavy atom. The number of halogens is 3. The second-order valence-corrected chi connectivity index (χ2v) is 4.02. The molecule has 1 heterocycles. The minimum Gasteiger partial charge on any atom is -0.444 e. The first-order valence-corrected chi connectivity index (χ1v) is 5.53. The van der Waals surface area contributed by atoms with Gasteiger partial charge in [-0.15, -0.1) is 11.6 Å². The topological polar surface area (TPSA) is 26.0 Å². The first-order valence-electron chi connectivity index (χ1n) is 5.00. The number of benzene rings is 1. The van der Waals surface area contributed by atoms with E-state index >= 15 is 0 Å². The third-order valence-electron chi connectivity index (χ3n) is 2.31. The molecule has 17 heavy (non-hydrogen) atoms. The highest BCUT2D eigenvalue weighted by Gasteiger charge is 2.28. The van der Waals surface area contributed by atoms with Gasteiger partial charge in [-0.1, -0.05) is 12.1 Å². The summed E-state index contributed by atoms with van der Waals surface area (Å²) >= 11 is 5.65. The number of oxazole rings is 1. The Balaban J connectivity index is 2.30. The Morgan fingerprint density at radius 1 is 1.29 bits per heavy atom. The molecule has 0 aliphatic rings. The number of hydrogen-bond acceptors (Lipinski definition) is 2. The number of alkyl halides is 3. The molecule has 0 unspecified atom stereocenters. The van der Waals surface area contributed by atoms with Gasteiger partial charge in [0.15, 0.2) is 0 Å². The van der Waals surface area contributed by atoms with E-state index in [1.54, 1.807) is 24.3 Å². The maximum atomic E-state index is 13.0. The Kier molecular flexibility index (Phi) is 3.15. The van der Waals surface area contributed by atoms with Gasteiger partial charge in [-0.2, -0.15) is 8.78 Å². The summed E-state index contributed by atoms with van der Waals surface area (Å²) in [6.07, 6.45) is 0.977. The smallest absolute Gasteiger partial charge is 0.290 e. The van der Waals surface area contributed by atoms with Gasteiger partial charge in [-0.25, -0.2) is 4.98 Å². The standard InChI is InChI=1S/C12H10ClF2NO/c1-12(14,15)10-7-17-11(16-10)9-4-2-8(6-13)3-5-9/h2-5,7H,6H2,1H3. The molecule has 0 spiro atoms. The normalized spacial score (nSPS) is 11.8. The lowest BCUT2D eigenvalue weighted by Gasteiger charge is -2.03. The maximum Gasteiger partial charge on any atom is 0.290 e. The number of hydrogen-bond donors (Lipinski definition) is 0. The van der Waals surface area contributed by atoms with Crippen LogP contribution in [0.2, 0.25) is 0 Å². The van der Waals surface area contributed by atoms with Crippen molar-refractivity contribution in [1.82, 2.24) is 4.98 Å². The molecule has 0 fully saturated rings. The van der Waals surface area contributed by atoms with Crippen molar-refractivity contribution < 1.29 is 13.2 Å². The molecule has 2 aromatic rings. The van der Waals surface area contributed by atoms with Gasteiger partial charge in [0.1, 0.15) is 12.0 Å². The van der Waals surface area contributed by atoms with E-state index in [1.165, 1.54) is 0 Å². The molecule has 0 amide bonds. The maximum absolute atomic E-state index is 13.0. The van der Waals surface area contributed by atoms with E-state index in [0.29, 0.717) is 11.4 Å². The van der Waals surface area contributed by atoms with Gasteiger partial charge >= 0.3 is 0 Å². The highest BCUT2D eigenvalue weighted by molar-refractivity contribution is 6.17. The van der Waals surface area contributed by atoms with Crippen molar-refractivity contribution in [2.24, 2.45) is 0 Å². The largest absolute Gasteiger partial charge is 0.444 e. The van der Waals surface area contributed by atoms with Crippen LogP contribution in [-0.4, -0.2) is 4.98 Å². The lowest BCUT2D eigenvalue weighted by molar-refractivity contribution is 0.0127. The molecule has 0 radical (unpaired) electrons. The van der Waals surface area contributed by atoms with E-state index in [2.05, 4.69) is 4.98 Å². The monoisotopic (exact) mass is 257 g/mol. The van der Waals surface area contributed by atoms with Crippen molar-refractivity contribution in [3.8, 4) is 11.5 Å². The molecule has 2 rings (SSSR count). The Bertz CT molecular complexity index is 502. The molecule has 0 bridgehead atoms. The first-order chi connectivity index (χ1) is 8.00. The summed E-state index contributed by atoms with van der Waals surface area (Å²) in [6, 6.07) is 7.08. The Hall–Kier alpha value is -1.42. The summed E-state index contributed by atoms with van der Waals surface area (Å²) in [6.45, 7) is 0.783. The van der Waals surface area contributed by atoms with Gasteiger partial charge in [0, 0.05) is 18.4 Å². The van der Waals surface area contributed by atoms with Crippen molar-refractivity contribution in [1.29, 1.82) is 0 Å². The van der Waals surface area contributed by atoms with Gasteiger partial charge in [0.2, 0.25) is 5.89 Å². The zero-order valence-corrected chi connectivity index (χ0v) is 9.84. The lowest BCUT2D eigenvalue weighted by Crippen LogP contribution is -2.06. The minimum atomic E-state index is -2.99. The third kappa shape index (κ3) is 2.64. The summed E-state index contributed by atoms with van der Waals surface area (Å²) in [5.74, 6) is -2.40. The van der Waals surface area contributed by atoms with Gasteiger partial charge in [-0.3, -0.25) is 0 Å². The average molecular weight is 258 g/mol. The van der Waals surface area contributed by atoms with Crippen LogP contribution in [0.4, 0.5) is 8.78 Å². The third-order valence-corrected chi connectivity index (χ3v) is 2.62. The molecule has 90 valence electrons. The van der Waals surface area contributed by atoms with Crippen LogP contribution >= 0.6 is 11.6 Å². The molecule has 0 aliphatic carbocycles. The lowest BCUT2D eigenvalue weighted by atomic mass is 10.1. The quantitative estimate of drug-likeness (QED) is 0.771. The Labute approximate surface area is 102 Å². The van der Waals surface area contributed by atoms with Crippen molar-refractivity contribution >= 4 is 11.6 Å². The van der Waals surface area contributed by atoms with Crippen LogP contribution in [0.1, 0.15) is 18.2 Å². The molecule has 1 aromatic heterocycles. The van der Waals surface area contributed by atoms with Gasteiger partial charge in [-0.05, 0) is 17.7 Å². The summed E-state index contributed by atoms with van der Waals surface area (Å²) in [5, 5.41) is 0. The highest BCUT2D eigenvalue weighted by atomic mass is 35.5. The van der Waals surface area contributed by atoms with Crippen LogP contribution in [0.15, 0.2) is 34.9 Å². The average Bonchev–Trinajstić information content (AvgIpc) is 2.78. The van der Waals surface area contributed by atoms with E-state index < -0.39 is 5.92 Å². The molecule has 1 aromatic carbocycles. The van der Waals surface area contributed by atoms with Crippen molar-refractivity contribution in [3.05, 3.63) is 41.8 Å². The molecule has 2 nitrogen and oxygen atoms in total. The van der Waals surface area contributed by atoms with E-state index in [4.69, 9.17) is 16.0 Å². The SMILES string of the molecule is CC(F)(F)c1coc(-c2ccc(CCl)cc2)n1. The minimum absolute atomic E-state index is 0.183. The van der Waals surface area contributed by atoms with E-state index in [1.807, 2.05) is 0 Å². The van der Waals surface area contributed by atoms with Crippen molar-refractivity contribution in [2.75, 3.05) is 0 Å². The van der Waals surface area contributed by atoms with Gasteiger partial charge in [0.05, 0.1) is 0 Å². The fraction of sp³-hybridized carbons (Fsp3) is 0.250. The predicted octanol–water partition coefficient (Wildman–Crippen LogP) is 4.19. The van der Waals surface area contributed by atoms with E-state index in [-0.39, 0.29) is 11.6 Å². The number of rotatable bonds is 3. The summed E-state index contributed by atoms with van der Waals surface area (Å²) < 4.78 is 31.0. The summed E-state index contributed by atoms with van der Waals surface area (Å²) in [7, 11) is 0. The van der Waals surface area contributed by atoms with Crippen molar-refractivity contribution in [2.45, 2.75) is 18.7 Å². The van der Waals surface area contributed by atoms with E-state index in [9.17, 15) is 8.78 Å². The number of aromatic nitrogens is 1. The molecule has 0 N–H and O–H groups in total. The van der Waals surface area contributed by atoms with Crippen LogP contribution in [-0.2, 0) is 11.8 Å².